The average Bonchev–Trinajstić information content (AvgIpc) is 3.22. The topological polar surface area (TPSA) is 76.7 Å². The Morgan fingerprint density at radius 1 is 0.393 bits per heavy atom. The lowest BCUT2D eigenvalue weighted by atomic mass is 9.82. The van der Waals surface area contributed by atoms with E-state index in [-0.39, 0.29) is 11.6 Å². The number of unbranched alkanes of at least 4 members (excludes halogenated alkanes) is 18. The largest absolute Gasteiger partial charge is 0.494 e. The van der Waals surface area contributed by atoms with Crippen LogP contribution in [0.1, 0.15) is 174 Å². The minimum Gasteiger partial charge on any atom is -0.494 e. The second-order valence-corrected chi connectivity index (χ2v) is 15.5. The van der Waals surface area contributed by atoms with Crippen molar-refractivity contribution in [1.82, 2.24) is 0 Å². The summed E-state index contributed by atoms with van der Waals surface area (Å²) in [5.41, 5.74) is 4.45. The van der Waals surface area contributed by atoms with Gasteiger partial charge in [-0.05, 0) is 73.5 Å². The number of hydrogen-bond donors (Lipinski definition) is 2. The van der Waals surface area contributed by atoms with E-state index in [4.69, 9.17) is 9.47 Å². The Morgan fingerprint density at radius 2 is 0.714 bits per heavy atom. The van der Waals surface area contributed by atoms with E-state index in [2.05, 4.69) is 24.5 Å². The highest BCUT2D eigenvalue weighted by Gasteiger charge is 2.33. The van der Waals surface area contributed by atoms with E-state index < -0.39 is 0 Å². The Kier molecular flexibility index (Phi) is 18.3. The van der Waals surface area contributed by atoms with Gasteiger partial charge >= 0.3 is 0 Å². The Balaban J connectivity index is 1.08. The van der Waals surface area contributed by atoms with Gasteiger partial charge in [0, 0.05) is 22.5 Å². The molecule has 0 spiro atoms. The molecule has 0 unspecified atom stereocenters. The highest BCUT2D eigenvalue weighted by atomic mass is 16.5. The lowest BCUT2D eigenvalue weighted by molar-refractivity contribution is 0.0980. The van der Waals surface area contributed by atoms with Crippen LogP contribution >= 0.6 is 0 Å². The first-order chi connectivity index (χ1) is 27.6. The summed E-state index contributed by atoms with van der Waals surface area (Å²) in [4.78, 5) is 28.1. The molecule has 0 amide bonds. The van der Waals surface area contributed by atoms with Crippen LogP contribution in [-0.2, 0) is 0 Å². The molecule has 1 aliphatic rings. The number of rotatable bonds is 28. The fourth-order valence-electron chi connectivity index (χ4n) is 7.59. The van der Waals surface area contributed by atoms with E-state index in [1.807, 2.05) is 72.8 Å². The van der Waals surface area contributed by atoms with Gasteiger partial charge in [-0.2, -0.15) is 0 Å². The van der Waals surface area contributed by atoms with Crippen molar-refractivity contribution in [2.75, 3.05) is 23.8 Å². The minimum atomic E-state index is -0.173. The van der Waals surface area contributed by atoms with Crippen LogP contribution in [0.2, 0.25) is 0 Å². The summed E-state index contributed by atoms with van der Waals surface area (Å²) in [5.74, 6) is 1.31. The van der Waals surface area contributed by atoms with Crippen LogP contribution in [0.5, 0.6) is 11.5 Å². The molecule has 0 heterocycles. The van der Waals surface area contributed by atoms with Gasteiger partial charge < -0.3 is 20.1 Å². The van der Waals surface area contributed by atoms with Crippen LogP contribution in [0.25, 0.3) is 0 Å². The van der Waals surface area contributed by atoms with Crippen LogP contribution in [-0.4, -0.2) is 24.8 Å². The van der Waals surface area contributed by atoms with Crippen LogP contribution in [0.4, 0.5) is 22.7 Å². The van der Waals surface area contributed by atoms with Gasteiger partial charge in [0.25, 0.3) is 0 Å². The number of hydrogen-bond acceptors (Lipinski definition) is 6. The zero-order valence-corrected chi connectivity index (χ0v) is 34.3. The molecule has 0 bridgehead atoms. The monoisotopic (exact) mass is 759 g/mol. The predicted octanol–water partition coefficient (Wildman–Crippen LogP) is 14.5. The molecule has 2 N–H and O–H groups in total. The van der Waals surface area contributed by atoms with Gasteiger partial charge in [-0.25, -0.2) is 0 Å². The second kappa shape index (κ2) is 24.1. The number of ether oxygens (including phenoxy) is 2. The van der Waals surface area contributed by atoms with Crippen molar-refractivity contribution in [3.8, 4) is 11.5 Å². The Hall–Kier alpha value is -4.58. The zero-order chi connectivity index (χ0) is 39.2. The molecule has 0 aromatic heterocycles. The molecule has 0 atom stereocenters. The van der Waals surface area contributed by atoms with Gasteiger partial charge in [0.2, 0.25) is 0 Å². The summed E-state index contributed by atoms with van der Waals surface area (Å²) in [6.07, 6.45) is 26.0. The van der Waals surface area contributed by atoms with Gasteiger partial charge in [-0.15, -0.1) is 0 Å². The van der Waals surface area contributed by atoms with Crippen LogP contribution in [0, 0.1) is 0 Å². The Labute approximate surface area is 337 Å². The molecule has 6 heteroatoms. The van der Waals surface area contributed by atoms with Crippen LogP contribution in [0.3, 0.4) is 0 Å². The normalized spacial score (nSPS) is 12.0. The molecular formula is C50H66N2O4. The molecule has 1 aliphatic carbocycles. The van der Waals surface area contributed by atoms with E-state index in [9.17, 15) is 9.59 Å². The third kappa shape index (κ3) is 13.3. The number of nitrogens with one attached hydrogen (secondary N) is 2. The smallest absolute Gasteiger partial charge is 0.196 e. The molecule has 5 rings (SSSR count). The molecule has 300 valence electrons. The first kappa shape index (κ1) is 42.6. The van der Waals surface area contributed by atoms with Crippen molar-refractivity contribution in [3.05, 3.63) is 107 Å². The molecule has 0 saturated heterocycles. The molecule has 4 aromatic rings. The maximum absolute atomic E-state index is 14.0. The third-order valence-electron chi connectivity index (χ3n) is 10.9. The minimum absolute atomic E-state index is 0.173. The van der Waals surface area contributed by atoms with Gasteiger partial charge in [-0.1, -0.05) is 154 Å². The number of ketones is 2. The maximum Gasteiger partial charge on any atom is 0.196 e. The summed E-state index contributed by atoms with van der Waals surface area (Å²) in [5, 5.41) is 6.79. The Bertz CT molecular complexity index is 1630. The van der Waals surface area contributed by atoms with Crippen molar-refractivity contribution < 1.29 is 19.1 Å². The second-order valence-electron chi connectivity index (χ2n) is 15.5. The number of benzene rings is 4. The highest BCUT2D eigenvalue weighted by Crippen LogP contribution is 2.37. The molecule has 6 nitrogen and oxygen atoms in total. The summed E-state index contributed by atoms with van der Waals surface area (Å²) in [6.45, 7) is 5.95. The van der Waals surface area contributed by atoms with Crippen molar-refractivity contribution in [2.24, 2.45) is 0 Å². The van der Waals surface area contributed by atoms with Crippen molar-refractivity contribution in [3.63, 3.8) is 0 Å². The lowest BCUT2D eigenvalue weighted by Gasteiger charge is -2.23. The quantitative estimate of drug-likeness (QED) is 0.0495. The first-order valence-corrected chi connectivity index (χ1v) is 21.9. The summed E-state index contributed by atoms with van der Waals surface area (Å²) < 4.78 is 12.0. The molecule has 4 aromatic carbocycles. The fourth-order valence-corrected chi connectivity index (χ4v) is 7.59. The highest BCUT2D eigenvalue weighted by molar-refractivity contribution is 6.32. The van der Waals surface area contributed by atoms with Crippen LogP contribution < -0.4 is 20.1 Å². The molecule has 0 fully saturated rings. The van der Waals surface area contributed by atoms with Gasteiger partial charge in [-0.3, -0.25) is 9.59 Å². The molecule has 56 heavy (non-hydrogen) atoms. The lowest BCUT2D eigenvalue weighted by Crippen LogP contribution is -2.23. The number of carbonyl (C=O) groups is 2. The van der Waals surface area contributed by atoms with E-state index in [1.165, 1.54) is 116 Å². The molecule has 0 saturated carbocycles. The number of fused-ring (bicyclic) bond motifs is 2. The van der Waals surface area contributed by atoms with Gasteiger partial charge in [0.05, 0.1) is 35.7 Å². The van der Waals surface area contributed by atoms with E-state index in [0.29, 0.717) is 46.8 Å². The van der Waals surface area contributed by atoms with Crippen LogP contribution in [0.15, 0.2) is 84.9 Å². The summed E-state index contributed by atoms with van der Waals surface area (Å²) in [7, 11) is 0. The van der Waals surface area contributed by atoms with E-state index in [1.54, 1.807) is 12.1 Å². The molecule has 0 aliphatic heterocycles. The maximum atomic E-state index is 14.0. The van der Waals surface area contributed by atoms with E-state index in [0.717, 1.165) is 35.7 Å². The van der Waals surface area contributed by atoms with Crippen molar-refractivity contribution in [2.45, 2.75) is 142 Å². The number of anilines is 4. The van der Waals surface area contributed by atoms with E-state index >= 15 is 0 Å². The standard InChI is InChI=1S/C50H66N2O4/c1-3-5-7-9-11-13-15-17-19-21-37-55-41-33-29-39(30-34-41)51-45-27-23-25-43-47(45)49(53)44-26-24-28-46(48(44)50(43)54)52-40-31-35-42(36-32-40)56-38-22-20-18-16-14-12-10-8-6-4-2/h23-36,51-52H,3-22,37-38H2,1-2H3. The molecule has 0 radical (unpaired) electrons. The summed E-state index contributed by atoms with van der Waals surface area (Å²) in [6, 6.07) is 26.4. The van der Waals surface area contributed by atoms with Gasteiger partial charge in [0.1, 0.15) is 11.5 Å². The third-order valence-corrected chi connectivity index (χ3v) is 10.9. The average molecular weight is 759 g/mol. The zero-order valence-electron chi connectivity index (χ0n) is 34.3. The summed E-state index contributed by atoms with van der Waals surface area (Å²) >= 11 is 0. The predicted molar refractivity (Wildman–Crippen MR) is 234 cm³/mol. The molecular weight excluding hydrogens is 693 g/mol. The first-order valence-electron chi connectivity index (χ1n) is 21.9. The Morgan fingerprint density at radius 3 is 1.05 bits per heavy atom. The SMILES string of the molecule is CCCCCCCCCCCCOc1ccc(Nc2cccc3c2C(=O)c2cccc(Nc4ccc(OCCCCCCCCCCCC)cc4)c2C3=O)cc1. The van der Waals surface area contributed by atoms with Gasteiger partial charge in [0.15, 0.2) is 11.6 Å². The fraction of sp³-hybridized carbons (Fsp3) is 0.480. The van der Waals surface area contributed by atoms with Crippen molar-refractivity contribution >= 4 is 34.3 Å². The van der Waals surface area contributed by atoms with Crippen molar-refractivity contribution in [1.29, 1.82) is 0 Å². The number of carbonyl (C=O) groups excluding carboxylic acids is 2.